The highest BCUT2D eigenvalue weighted by Crippen LogP contribution is 2.27. The normalized spacial score (nSPS) is 10.4. The van der Waals surface area contributed by atoms with Crippen LogP contribution in [0.15, 0.2) is 30.3 Å². The molecule has 8 heteroatoms. The molecule has 0 fully saturated rings. The summed E-state index contributed by atoms with van der Waals surface area (Å²) in [6.07, 6.45) is 0. The zero-order valence-electron chi connectivity index (χ0n) is 10.4. The van der Waals surface area contributed by atoms with Gasteiger partial charge in [0, 0.05) is 18.7 Å². The number of nitro groups is 1. The number of nitrogens with zero attached hydrogens (tertiary/aromatic N) is 1. The minimum absolute atomic E-state index is 0.0935. The number of hydrogen-bond acceptors (Lipinski definition) is 4. The Morgan fingerprint density at radius 2 is 1.95 bits per heavy atom. The second-order valence-electron chi connectivity index (χ2n) is 4.18. The molecule has 0 aromatic heterocycles. The van der Waals surface area contributed by atoms with Crippen molar-refractivity contribution in [1.29, 1.82) is 0 Å². The highest BCUT2D eigenvalue weighted by Gasteiger charge is 2.18. The second kappa shape index (κ2) is 5.92. The molecule has 5 nitrogen and oxygen atoms in total. The zero-order valence-corrected chi connectivity index (χ0v) is 11.2. The lowest BCUT2D eigenvalue weighted by Crippen LogP contribution is -2.03. The fourth-order valence-corrected chi connectivity index (χ4v) is 1.87. The van der Waals surface area contributed by atoms with Gasteiger partial charge in [0.05, 0.1) is 15.6 Å². The highest BCUT2D eigenvalue weighted by atomic mass is 35.5. The molecule has 0 amide bonds. The summed E-state index contributed by atoms with van der Waals surface area (Å²) < 4.78 is 26.7. The van der Waals surface area contributed by atoms with Crippen LogP contribution in [-0.4, -0.2) is 10.0 Å². The number of phenolic OH excluding ortho intramolecular Hbond substituents is 1. The third-order valence-electron chi connectivity index (χ3n) is 2.73. The molecule has 2 rings (SSSR count). The van der Waals surface area contributed by atoms with Gasteiger partial charge >= 0.3 is 5.69 Å². The predicted octanol–water partition coefficient (Wildman–Crippen LogP) is 3.84. The van der Waals surface area contributed by atoms with Crippen LogP contribution < -0.4 is 5.32 Å². The van der Waals surface area contributed by atoms with E-state index in [1.807, 2.05) is 0 Å². The molecule has 0 bridgehead atoms. The van der Waals surface area contributed by atoms with E-state index >= 15 is 0 Å². The number of phenols is 1. The molecule has 0 spiro atoms. The van der Waals surface area contributed by atoms with Crippen molar-refractivity contribution in [2.75, 3.05) is 5.32 Å². The van der Waals surface area contributed by atoms with Crippen LogP contribution in [0.1, 0.15) is 5.56 Å². The molecule has 2 aromatic carbocycles. The lowest BCUT2D eigenvalue weighted by atomic mass is 10.2. The molecule has 0 unspecified atom stereocenters. The van der Waals surface area contributed by atoms with E-state index in [1.54, 1.807) is 6.07 Å². The fourth-order valence-electron chi connectivity index (χ4n) is 1.67. The lowest BCUT2D eigenvalue weighted by Gasteiger charge is -2.09. The van der Waals surface area contributed by atoms with Crippen molar-refractivity contribution in [2.24, 2.45) is 0 Å². The van der Waals surface area contributed by atoms with Crippen LogP contribution in [0, 0.1) is 21.7 Å². The summed E-state index contributed by atoms with van der Waals surface area (Å²) in [6, 6.07) is 5.60. The number of benzene rings is 2. The van der Waals surface area contributed by atoms with Crippen LogP contribution in [-0.2, 0) is 6.54 Å². The number of hydrogen-bond donors (Lipinski definition) is 2. The van der Waals surface area contributed by atoms with Crippen molar-refractivity contribution in [2.45, 2.75) is 6.54 Å². The summed E-state index contributed by atoms with van der Waals surface area (Å²) in [5.74, 6) is -2.28. The minimum Gasteiger partial charge on any atom is -0.506 e. The smallest absolute Gasteiger partial charge is 0.307 e. The molecule has 110 valence electrons. The maximum Gasteiger partial charge on any atom is 0.307 e. The van der Waals surface area contributed by atoms with Gasteiger partial charge in [0.2, 0.25) is 5.82 Å². The third kappa shape index (κ3) is 3.38. The second-order valence-corrected chi connectivity index (χ2v) is 4.59. The fraction of sp³-hybridized carbons (Fsp3) is 0.0769. The molecule has 0 radical (unpaired) electrons. The zero-order chi connectivity index (χ0) is 15.6. The van der Waals surface area contributed by atoms with E-state index in [-0.39, 0.29) is 23.0 Å². The maximum atomic E-state index is 13.5. The van der Waals surface area contributed by atoms with Gasteiger partial charge in [-0.25, -0.2) is 4.39 Å². The third-order valence-corrected chi connectivity index (χ3v) is 3.03. The van der Waals surface area contributed by atoms with Gasteiger partial charge in [-0.2, -0.15) is 4.39 Å². The summed E-state index contributed by atoms with van der Waals surface area (Å²) in [7, 11) is 0. The van der Waals surface area contributed by atoms with E-state index in [1.165, 1.54) is 12.1 Å². The number of aromatic hydroxyl groups is 1. The van der Waals surface area contributed by atoms with Crippen molar-refractivity contribution < 1.29 is 18.8 Å². The van der Waals surface area contributed by atoms with E-state index in [0.29, 0.717) is 11.6 Å². The molecule has 0 atom stereocenters. The summed E-state index contributed by atoms with van der Waals surface area (Å²) in [5, 5.41) is 22.6. The Kier molecular flexibility index (Phi) is 4.23. The summed E-state index contributed by atoms with van der Waals surface area (Å²) in [6.45, 7) is 0.0969. The van der Waals surface area contributed by atoms with E-state index in [9.17, 15) is 24.0 Å². The Bertz CT molecular complexity index is 710. The van der Waals surface area contributed by atoms with Crippen LogP contribution in [0.3, 0.4) is 0 Å². The van der Waals surface area contributed by atoms with Crippen LogP contribution in [0.4, 0.5) is 20.2 Å². The van der Waals surface area contributed by atoms with Crippen LogP contribution in [0.25, 0.3) is 0 Å². The van der Waals surface area contributed by atoms with E-state index in [2.05, 4.69) is 5.32 Å². The molecule has 21 heavy (non-hydrogen) atoms. The first-order chi connectivity index (χ1) is 9.88. The molecular formula is C13H9ClF2N2O3. The standard InChI is InChI=1S/C13H9ClF2N2O3/c14-8-3-7(1-2-13(8)19)6-17-11-5-12(18(20)21)10(16)4-9(11)15/h1-5,17,19H,6H2. The molecular weight excluding hydrogens is 306 g/mol. The molecule has 0 aliphatic rings. The Morgan fingerprint density at radius 3 is 2.57 bits per heavy atom. The first-order valence-corrected chi connectivity index (χ1v) is 6.11. The summed E-state index contributed by atoms with van der Waals surface area (Å²) in [5.41, 5.74) is -0.404. The molecule has 0 aliphatic heterocycles. The summed E-state index contributed by atoms with van der Waals surface area (Å²) >= 11 is 5.72. The average molecular weight is 315 g/mol. The first kappa shape index (κ1) is 15.0. The Labute approximate surface area is 122 Å². The van der Waals surface area contributed by atoms with Gasteiger partial charge < -0.3 is 10.4 Å². The maximum absolute atomic E-state index is 13.5. The van der Waals surface area contributed by atoms with E-state index in [4.69, 9.17) is 11.6 Å². The molecule has 0 aliphatic carbocycles. The average Bonchev–Trinajstić information content (AvgIpc) is 2.41. The molecule has 0 heterocycles. The largest absolute Gasteiger partial charge is 0.506 e. The van der Waals surface area contributed by atoms with Crippen molar-refractivity contribution in [3.63, 3.8) is 0 Å². The van der Waals surface area contributed by atoms with E-state index in [0.717, 1.165) is 6.07 Å². The molecule has 0 saturated carbocycles. The quantitative estimate of drug-likeness (QED) is 0.664. The lowest BCUT2D eigenvalue weighted by molar-refractivity contribution is -0.387. The number of rotatable bonds is 4. The topological polar surface area (TPSA) is 75.4 Å². The van der Waals surface area contributed by atoms with Gasteiger partial charge in [-0.1, -0.05) is 17.7 Å². The predicted molar refractivity (Wildman–Crippen MR) is 73.5 cm³/mol. The molecule has 2 aromatic rings. The van der Waals surface area contributed by atoms with Gasteiger partial charge in [0.1, 0.15) is 11.6 Å². The molecule has 2 N–H and O–H groups in total. The number of halogens is 3. The van der Waals surface area contributed by atoms with Crippen LogP contribution >= 0.6 is 11.6 Å². The van der Waals surface area contributed by atoms with Crippen LogP contribution in [0.2, 0.25) is 5.02 Å². The number of nitrogens with one attached hydrogen (secondary N) is 1. The Morgan fingerprint density at radius 1 is 1.24 bits per heavy atom. The van der Waals surface area contributed by atoms with E-state index < -0.39 is 22.2 Å². The van der Waals surface area contributed by atoms with Gasteiger partial charge in [0.25, 0.3) is 0 Å². The van der Waals surface area contributed by atoms with Crippen molar-refractivity contribution in [3.05, 3.63) is 62.7 Å². The van der Waals surface area contributed by atoms with Gasteiger partial charge in [0.15, 0.2) is 0 Å². The summed E-state index contributed by atoms with van der Waals surface area (Å²) in [4.78, 5) is 9.68. The van der Waals surface area contributed by atoms with Gasteiger partial charge in [-0.05, 0) is 17.7 Å². The number of anilines is 1. The van der Waals surface area contributed by atoms with Crippen molar-refractivity contribution in [3.8, 4) is 5.75 Å². The minimum atomic E-state index is -1.24. The SMILES string of the molecule is O=[N+]([O-])c1cc(NCc2ccc(O)c(Cl)c2)c(F)cc1F. The van der Waals surface area contributed by atoms with Gasteiger partial charge in [-0.15, -0.1) is 0 Å². The first-order valence-electron chi connectivity index (χ1n) is 5.73. The monoisotopic (exact) mass is 314 g/mol. The van der Waals surface area contributed by atoms with Crippen LogP contribution in [0.5, 0.6) is 5.75 Å². The van der Waals surface area contributed by atoms with Crippen molar-refractivity contribution >= 4 is 23.0 Å². The Balaban J connectivity index is 2.21. The highest BCUT2D eigenvalue weighted by molar-refractivity contribution is 6.32. The molecule has 0 saturated heterocycles. The van der Waals surface area contributed by atoms with Crippen molar-refractivity contribution in [1.82, 2.24) is 0 Å². The number of nitro benzene ring substituents is 1. The Hall–Kier alpha value is -2.41. The van der Waals surface area contributed by atoms with Gasteiger partial charge in [-0.3, -0.25) is 10.1 Å².